The van der Waals surface area contributed by atoms with Gasteiger partial charge in [-0.05, 0) is 35.9 Å². The molecule has 0 atom stereocenters. The van der Waals surface area contributed by atoms with Crippen LogP contribution in [0.25, 0.3) is 11.0 Å². The monoisotopic (exact) mass is 480 g/mol. The van der Waals surface area contributed by atoms with E-state index in [9.17, 15) is 8.42 Å². The Kier molecular flexibility index (Phi) is 5.35. The summed E-state index contributed by atoms with van der Waals surface area (Å²) in [5.41, 5.74) is 3.69. The highest BCUT2D eigenvalue weighted by atomic mass is 32.2. The molecule has 2 aromatic carbocycles. The Balaban J connectivity index is 1.48. The fourth-order valence-corrected chi connectivity index (χ4v) is 5.09. The van der Waals surface area contributed by atoms with Gasteiger partial charge in [-0.25, -0.2) is 8.42 Å². The number of anilines is 1. The van der Waals surface area contributed by atoms with E-state index in [2.05, 4.69) is 20.3 Å². The van der Waals surface area contributed by atoms with E-state index in [1.165, 1.54) is 38.0 Å². The Morgan fingerprint density at radius 1 is 1.21 bits per heavy atom. The van der Waals surface area contributed by atoms with Crippen LogP contribution >= 0.6 is 0 Å². The molecule has 0 saturated carbocycles. The maximum Gasteiger partial charge on any atom is 0.266 e. The molecule has 0 radical (unpaired) electrons. The molecule has 0 spiro atoms. The molecule has 12 heteroatoms. The summed E-state index contributed by atoms with van der Waals surface area (Å²) in [6.45, 7) is 2.04. The van der Waals surface area contributed by atoms with Crippen molar-refractivity contribution in [3.05, 3.63) is 58.9 Å². The molecule has 0 fully saturated rings. The molecular formula is C22H20N6O5S. The third-order valence-corrected chi connectivity index (χ3v) is 6.89. The van der Waals surface area contributed by atoms with Crippen molar-refractivity contribution in [2.45, 2.75) is 24.5 Å². The van der Waals surface area contributed by atoms with Crippen molar-refractivity contribution in [3.63, 3.8) is 0 Å². The summed E-state index contributed by atoms with van der Waals surface area (Å²) < 4.78 is 46.6. The zero-order chi connectivity index (χ0) is 23.9. The molecule has 34 heavy (non-hydrogen) atoms. The van der Waals surface area contributed by atoms with Gasteiger partial charge in [0.25, 0.3) is 10.0 Å². The number of fused-ring (bicyclic) bond motifs is 2. The number of hydrogen-bond donors (Lipinski definition) is 2. The minimum absolute atomic E-state index is 0.0195. The predicted octanol–water partition coefficient (Wildman–Crippen LogP) is 2.37. The summed E-state index contributed by atoms with van der Waals surface area (Å²) in [6, 6.07) is 9.57. The molecule has 3 heterocycles. The summed E-state index contributed by atoms with van der Waals surface area (Å²) in [7, 11) is -1.29. The average molecular weight is 481 g/mol. The number of rotatable bonds is 7. The first-order chi connectivity index (χ1) is 16.4. The topological polar surface area (TPSA) is 144 Å². The first kappa shape index (κ1) is 21.7. The number of aromatic nitrogens is 3. The highest BCUT2D eigenvalue weighted by molar-refractivity contribution is 7.92. The number of methoxy groups -OCH3 is 2. The maximum absolute atomic E-state index is 13.1. The van der Waals surface area contributed by atoms with Crippen molar-refractivity contribution in [3.8, 4) is 17.6 Å². The molecule has 0 aliphatic carbocycles. The Morgan fingerprint density at radius 2 is 2.03 bits per heavy atom. The number of nitriles is 1. The van der Waals surface area contributed by atoms with Crippen LogP contribution in [0.3, 0.4) is 0 Å². The number of benzene rings is 2. The summed E-state index contributed by atoms with van der Waals surface area (Å²) in [4.78, 5) is -0.137. The quantitative estimate of drug-likeness (QED) is 0.407. The van der Waals surface area contributed by atoms with E-state index in [-0.39, 0.29) is 22.0 Å². The van der Waals surface area contributed by atoms with Crippen LogP contribution in [0, 0.1) is 11.3 Å². The standard InChI is InChI=1S/C22H20N6O5S/c1-31-17-5-13(8-23)3-4-20(17)34(29,30)27-22-21-18(32-2)6-14(7-19(21)33-26-22)11-28-12-15-9-24-10-16(15)25-28/h3-7,12,24H,9-11H2,1-2H3,(H,26,27). The van der Waals surface area contributed by atoms with Gasteiger partial charge in [-0.1, -0.05) is 5.16 Å². The van der Waals surface area contributed by atoms with Crippen LogP contribution in [0.5, 0.6) is 11.5 Å². The van der Waals surface area contributed by atoms with Crippen molar-refractivity contribution < 1.29 is 22.4 Å². The lowest BCUT2D eigenvalue weighted by Gasteiger charge is -2.11. The van der Waals surface area contributed by atoms with Gasteiger partial charge in [0.1, 0.15) is 21.8 Å². The summed E-state index contributed by atoms with van der Waals surface area (Å²) in [5.74, 6) is 0.420. The zero-order valence-corrected chi connectivity index (χ0v) is 19.1. The fraction of sp³-hybridized carbons (Fsp3) is 0.227. The van der Waals surface area contributed by atoms with Gasteiger partial charge in [0.2, 0.25) is 0 Å². The van der Waals surface area contributed by atoms with Crippen molar-refractivity contribution >= 4 is 26.8 Å². The number of ether oxygens (including phenoxy) is 2. The normalized spacial score (nSPS) is 13.0. The van der Waals surface area contributed by atoms with E-state index in [0.717, 1.165) is 24.3 Å². The third-order valence-electron chi connectivity index (χ3n) is 5.51. The minimum atomic E-state index is -4.11. The molecule has 1 aliphatic heterocycles. The second-order valence-electron chi connectivity index (χ2n) is 7.69. The highest BCUT2D eigenvalue weighted by Crippen LogP contribution is 2.36. The van der Waals surface area contributed by atoms with Crippen molar-refractivity contribution in [1.29, 1.82) is 5.26 Å². The molecule has 0 saturated heterocycles. The van der Waals surface area contributed by atoms with Crippen molar-refractivity contribution in [2.24, 2.45) is 0 Å². The first-order valence-corrected chi connectivity index (χ1v) is 11.7. The van der Waals surface area contributed by atoms with E-state index < -0.39 is 10.0 Å². The number of sulfonamides is 1. The van der Waals surface area contributed by atoms with Gasteiger partial charge in [-0.3, -0.25) is 9.40 Å². The SMILES string of the molecule is COc1cc(C#N)ccc1S(=O)(=O)Nc1noc2cc(Cn3cc4c(n3)CNC4)cc(OC)c12. The Morgan fingerprint density at radius 3 is 2.76 bits per heavy atom. The van der Waals surface area contributed by atoms with Crippen LogP contribution in [0.1, 0.15) is 22.4 Å². The largest absolute Gasteiger partial charge is 0.496 e. The molecule has 174 valence electrons. The second-order valence-corrected chi connectivity index (χ2v) is 9.34. The lowest BCUT2D eigenvalue weighted by atomic mass is 10.1. The van der Waals surface area contributed by atoms with Crippen LogP contribution in [-0.4, -0.2) is 37.6 Å². The van der Waals surface area contributed by atoms with E-state index in [1.807, 2.05) is 16.9 Å². The first-order valence-electron chi connectivity index (χ1n) is 10.2. The number of hydrogen-bond acceptors (Lipinski definition) is 9. The van der Waals surface area contributed by atoms with E-state index in [4.69, 9.17) is 19.3 Å². The smallest absolute Gasteiger partial charge is 0.266 e. The fourth-order valence-electron chi connectivity index (χ4n) is 3.94. The molecule has 5 rings (SSSR count). The lowest BCUT2D eigenvalue weighted by molar-refractivity contribution is 0.402. The van der Waals surface area contributed by atoms with Crippen LogP contribution in [0.15, 0.2) is 45.9 Å². The molecule has 4 aromatic rings. The van der Waals surface area contributed by atoms with Gasteiger partial charge in [-0.15, -0.1) is 0 Å². The van der Waals surface area contributed by atoms with Crippen LogP contribution in [0.2, 0.25) is 0 Å². The van der Waals surface area contributed by atoms with Gasteiger partial charge in [0.05, 0.1) is 38.1 Å². The van der Waals surface area contributed by atoms with E-state index in [0.29, 0.717) is 23.3 Å². The van der Waals surface area contributed by atoms with Gasteiger partial charge >= 0.3 is 0 Å². The Bertz CT molecular complexity index is 1530. The minimum Gasteiger partial charge on any atom is -0.496 e. The summed E-state index contributed by atoms with van der Waals surface area (Å²) in [5, 5.41) is 21.2. The van der Waals surface area contributed by atoms with E-state index >= 15 is 0 Å². The maximum atomic E-state index is 13.1. The molecule has 2 N–H and O–H groups in total. The average Bonchev–Trinajstić information content (AvgIpc) is 3.53. The Hall–Kier alpha value is -4.08. The van der Waals surface area contributed by atoms with Crippen LogP contribution < -0.4 is 19.5 Å². The third kappa shape index (κ3) is 3.81. The highest BCUT2D eigenvalue weighted by Gasteiger charge is 2.25. The number of nitrogens with one attached hydrogen (secondary N) is 2. The summed E-state index contributed by atoms with van der Waals surface area (Å²) in [6.07, 6.45) is 2.00. The van der Waals surface area contributed by atoms with Gasteiger partial charge in [0, 0.05) is 24.8 Å². The van der Waals surface area contributed by atoms with Crippen LogP contribution in [-0.2, 0) is 29.7 Å². The number of nitrogens with zero attached hydrogens (tertiary/aromatic N) is 4. The van der Waals surface area contributed by atoms with Crippen LogP contribution in [0.4, 0.5) is 5.82 Å². The molecule has 1 aliphatic rings. The molecule has 0 unspecified atom stereocenters. The molecule has 11 nitrogen and oxygen atoms in total. The van der Waals surface area contributed by atoms with Gasteiger partial charge in [0.15, 0.2) is 11.4 Å². The van der Waals surface area contributed by atoms with Gasteiger partial charge in [-0.2, -0.15) is 10.4 Å². The molecule has 0 amide bonds. The lowest BCUT2D eigenvalue weighted by Crippen LogP contribution is -2.14. The van der Waals surface area contributed by atoms with E-state index in [1.54, 1.807) is 12.1 Å². The predicted molar refractivity (Wildman–Crippen MR) is 121 cm³/mol. The van der Waals surface area contributed by atoms with Gasteiger partial charge < -0.3 is 19.3 Å². The van der Waals surface area contributed by atoms with Crippen molar-refractivity contribution in [2.75, 3.05) is 18.9 Å². The molecule has 2 aromatic heterocycles. The molecule has 0 bridgehead atoms. The zero-order valence-electron chi connectivity index (χ0n) is 18.3. The van der Waals surface area contributed by atoms with Crippen molar-refractivity contribution in [1.82, 2.24) is 20.3 Å². The molecular weight excluding hydrogens is 460 g/mol. The second kappa shape index (κ2) is 8.36. The Labute approximate surface area is 194 Å². The summed E-state index contributed by atoms with van der Waals surface area (Å²) >= 11 is 0.